The van der Waals surface area contributed by atoms with Crippen LogP contribution >= 0.6 is 11.3 Å². The van der Waals surface area contributed by atoms with Crippen molar-refractivity contribution in [3.63, 3.8) is 0 Å². The standard InChI is InChI=1S/C9H16N2S/c1-8(4-5-10)11-7-9-3-2-6-12-9/h2-3,6,8,11H,4-5,7,10H2,1H3. The highest BCUT2D eigenvalue weighted by molar-refractivity contribution is 7.09. The Kier molecular flexibility index (Phi) is 4.29. The van der Waals surface area contributed by atoms with Crippen LogP contribution in [0.5, 0.6) is 0 Å². The molecule has 0 fully saturated rings. The van der Waals surface area contributed by atoms with E-state index in [0.717, 1.165) is 19.5 Å². The molecule has 1 unspecified atom stereocenters. The van der Waals surface area contributed by atoms with Gasteiger partial charge in [-0.05, 0) is 31.3 Å². The number of nitrogens with one attached hydrogen (secondary N) is 1. The van der Waals surface area contributed by atoms with Gasteiger partial charge >= 0.3 is 0 Å². The van der Waals surface area contributed by atoms with Crippen LogP contribution in [0.3, 0.4) is 0 Å². The lowest BCUT2D eigenvalue weighted by Gasteiger charge is -2.10. The van der Waals surface area contributed by atoms with E-state index in [-0.39, 0.29) is 0 Å². The zero-order valence-electron chi connectivity index (χ0n) is 7.42. The molecule has 3 N–H and O–H groups in total. The molecule has 0 saturated carbocycles. The van der Waals surface area contributed by atoms with Crippen molar-refractivity contribution in [1.82, 2.24) is 5.32 Å². The molecule has 0 radical (unpaired) electrons. The van der Waals surface area contributed by atoms with Crippen LogP contribution in [0.25, 0.3) is 0 Å². The van der Waals surface area contributed by atoms with Crippen LogP contribution in [0, 0.1) is 0 Å². The molecule has 0 saturated heterocycles. The van der Waals surface area contributed by atoms with Gasteiger partial charge in [0.15, 0.2) is 0 Å². The lowest BCUT2D eigenvalue weighted by molar-refractivity contribution is 0.522. The number of thiophene rings is 1. The van der Waals surface area contributed by atoms with Gasteiger partial charge in [0.25, 0.3) is 0 Å². The predicted molar refractivity (Wildman–Crippen MR) is 54.3 cm³/mol. The highest BCUT2D eigenvalue weighted by atomic mass is 32.1. The van der Waals surface area contributed by atoms with Crippen molar-refractivity contribution in [2.45, 2.75) is 25.9 Å². The largest absolute Gasteiger partial charge is 0.330 e. The van der Waals surface area contributed by atoms with Crippen LogP contribution in [0.4, 0.5) is 0 Å². The molecular formula is C9H16N2S. The minimum Gasteiger partial charge on any atom is -0.330 e. The molecule has 1 heterocycles. The summed E-state index contributed by atoms with van der Waals surface area (Å²) in [5, 5.41) is 5.52. The normalized spacial score (nSPS) is 13.2. The first kappa shape index (κ1) is 9.71. The average Bonchev–Trinajstić information content (AvgIpc) is 2.53. The summed E-state index contributed by atoms with van der Waals surface area (Å²) < 4.78 is 0. The van der Waals surface area contributed by atoms with Crippen molar-refractivity contribution in [2.75, 3.05) is 6.54 Å². The average molecular weight is 184 g/mol. The Morgan fingerprint density at radius 1 is 1.67 bits per heavy atom. The fourth-order valence-corrected chi connectivity index (χ4v) is 1.70. The van der Waals surface area contributed by atoms with Crippen LogP contribution in [-0.2, 0) is 6.54 Å². The van der Waals surface area contributed by atoms with E-state index in [4.69, 9.17) is 5.73 Å². The second-order valence-corrected chi connectivity index (χ2v) is 3.97. The Hall–Kier alpha value is -0.380. The molecule has 1 aromatic rings. The Balaban J connectivity index is 2.17. The third-order valence-electron chi connectivity index (χ3n) is 1.80. The minimum atomic E-state index is 0.525. The van der Waals surface area contributed by atoms with E-state index < -0.39 is 0 Å². The minimum absolute atomic E-state index is 0.525. The number of rotatable bonds is 5. The summed E-state index contributed by atoms with van der Waals surface area (Å²) in [5.41, 5.74) is 5.44. The van der Waals surface area contributed by atoms with E-state index in [1.165, 1.54) is 4.88 Å². The summed E-state index contributed by atoms with van der Waals surface area (Å²) in [4.78, 5) is 1.39. The molecule has 0 spiro atoms. The Morgan fingerprint density at radius 3 is 3.08 bits per heavy atom. The van der Waals surface area contributed by atoms with Gasteiger partial charge in [0.1, 0.15) is 0 Å². The number of hydrogen-bond acceptors (Lipinski definition) is 3. The SMILES string of the molecule is CC(CCN)NCc1cccs1. The summed E-state index contributed by atoms with van der Waals surface area (Å²) in [6.07, 6.45) is 1.05. The molecule has 68 valence electrons. The molecule has 1 aromatic heterocycles. The van der Waals surface area contributed by atoms with E-state index in [1.807, 2.05) is 0 Å². The van der Waals surface area contributed by atoms with Crippen LogP contribution < -0.4 is 11.1 Å². The summed E-state index contributed by atoms with van der Waals surface area (Å²) in [5.74, 6) is 0. The van der Waals surface area contributed by atoms with Crippen molar-refractivity contribution in [1.29, 1.82) is 0 Å². The second-order valence-electron chi connectivity index (χ2n) is 2.94. The van der Waals surface area contributed by atoms with Crippen LogP contribution in [0.15, 0.2) is 17.5 Å². The molecule has 0 bridgehead atoms. The predicted octanol–water partition coefficient (Wildman–Crippen LogP) is 1.57. The summed E-state index contributed by atoms with van der Waals surface area (Å²) >= 11 is 1.79. The highest BCUT2D eigenvalue weighted by Gasteiger charge is 1.99. The van der Waals surface area contributed by atoms with Gasteiger partial charge < -0.3 is 11.1 Å². The lowest BCUT2D eigenvalue weighted by atomic mass is 10.2. The van der Waals surface area contributed by atoms with Gasteiger partial charge in [0, 0.05) is 17.5 Å². The van der Waals surface area contributed by atoms with Gasteiger partial charge in [-0.15, -0.1) is 11.3 Å². The molecule has 0 aliphatic carbocycles. The molecule has 0 aliphatic rings. The molecule has 1 atom stereocenters. The maximum absolute atomic E-state index is 5.44. The number of nitrogens with two attached hydrogens (primary N) is 1. The fraction of sp³-hybridized carbons (Fsp3) is 0.556. The Labute approximate surface area is 77.8 Å². The van der Waals surface area contributed by atoms with Crippen molar-refractivity contribution in [2.24, 2.45) is 5.73 Å². The van der Waals surface area contributed by atoms with Crippen LogP contribution in [0.2, 0.25) is 0 Å². The van der Waals surface area contributed by atoms with Gasteiger partial charge in [-0.1, -0.05) is 6.07 Å². The molecule has 3 heteroatoms. The monoisotopic (exact) mass is 184 g/mol. The molecular weight excluding hydrogens is 168 g/mol. The van der Waals surface area contributed by atoms with E-state index in [1.54, 1.807) is 11.3 Å². The first-order valence-electron chi connectivity index (χ1n) is 4.28. The van der Waals surface area contributed by atoms with Gasteiger partial charge in [0.05, 0.1) is 0 Å². The zero-order chi connectivity index (χ0) is 8.81. The van der Waals surface area contributed by atoms with E-state index in [9.17, 15) is 0 Å². The first-order chi connectivity index (χ1) is 5.83. The molecule has 12 heavy (non-hydrogen) atoms. The van der Waals surface area contributed by atoms with Gasteiger partial charge in [-0.25, -0.2) is 0 Å². The molecule has 0 aliphatic heterocycles. The van der Waals surface area contributed by atoms with Gasteiger partial charge in [-0.3, -0.25) is 0 Å². The third kappa shape index (κ3) is 3.34. The first-order valence-corrected chi connectivity index (χ1v) is 5.16. The molecule has 0 amide bonds. The van der Waals surface area contributed by atoms with Crippen molar-refractivity contribution >= 4 is 11.3 Å². The van der Waals surface area contributed by atoms with Gasteiger partial charge in [-0.2, -0.15) is 0 Å². The number of hydrogen-bond donors (Lipinski definition) is 2. The highest BCUT2D eigenvalue weighted by Crippen LogP contribution is 2.07. The quantitative estimate of drug-likeness (QED) is 0.729. The fourth-order valence-electron chi connectivity index (χ4n) is 1.04. The third-order valence-corrected chi connectivity index (χ3v) is 2.68. The maximum Gasteiger partial charge on any atom is 0.0302 e. The zero-order valence-corrected chi connectivity index (χ0v) is 8.23. The second kappa shape index (κ2) is 5.30. The molecule has 0 aromatic carbocycles. The van der Waals surface area contributed by atoms with E-state index in [2.05, 4.69) is 29.8 Å². The Morgan fingerprint density at radius 2 is 2.50 bits per heavy atom. The molecule has 2 nitrogen and oxygen atoms in total. The van der Waals surface area contributed by atoms with E-state index in [0.29, 0.717) is 6.04 Å². The topological polar surface area (TPSA) is 38.0 Å². The summed E-state index contributed by atoms with van der Waals surface area (Å²) in [7, 11) is 0. The summed E-state index contributed by atoms with van der Waals surface area (Å²) in [6, 6.07) is 4.75. The van der Waals surface area contributed by atoms with E-state index >= 15 is 0 Å². The molecule has 1 rings (SSSR count). The van der Waals surface area contributed by atoms with Crippen molar-refractivity contribution in [3.05, 3.63) is 22.4 Å². The lowest BCUT2D eigenvalue weighted by Crippen LogP contribution is -2.27. The Bertz CT molecular complexity index is 196. The summed E-state index contributed by atoms with van der Waals surface area (Å²) in [6.45, 7) is 3.90. The van der Waals surface area contributed by atoms with Crippen molar-refractivity contribution < 1.29 is 0 Å². The van der Waals surface area contributed by atoms with Crippen LogP contribution in [0.1, 0.15) is 18.2 Å². The van der Waals surface area contributed by atoms with Crippen molar-refractivity contribution in [3.8, 4) is 0 Å². The smallest absolute Gasteiger partial charge is 0.0302 e. The van der Waals surface area contributed by atoms with Crippen LogP contribution in [-0.4, -0.2) is 12.6 Å². The maximum atomic E-state index is 5.44. The van der Waals surface area contributed by atoms with Gasteiger partial charge in [0.2, 0.25) is 0 Å².